The molecule has 1 atom stereocenters. The molecule has 1 aromatic heterocycles. The van der Waals surface area contributed by atoms with Crippen LogP contribution in [0.1, 0.15) is 24.7 Å². The van der Waals surface area contributed by atoms with E-state index < -0.39 is 0 Å². The molecule has 13 heavy (non-hydrogen) atoms. The minimum absolute atomic E-state index is 0.505. The van der Waals surface area contributed by atoms with Gasteiger partial charge in [-0.05, 0) is 31.8 Å². The largest absolute Gasteiger partial charge is 0.339 e. The fourth-order valence-corrected chi connectivity index (χ4v) is 2.59. The molecule has 70 valence electrons. The average Bonchev–Trinajstić information content (AvgIpc) is 2.72. The summed E-state index contributed by atoms with van der Waals surface area (Å²) in [4.78, 5) is 6.65. The summed E-state index contributed by atoms with van der Waals surface area (Å²) in [6.45, 7) is 3.64. The Morgan fingerprint density at radius 1 is 1.38 bits per heavy atom. The second kappa shape index (κ2) is 2.80. The normalized spacial score (nSPS) is 38.0. The van der Waals surface area contributed by atoms with E-state index in [-0.39, 0.29) is 0 Å². The van der Waals surface area contributed by atoms with Crippen molar-refractivity contribution < 1.29 is 4.52 Å². The molecular formula is C9H13N3O. The molecule has 3 fully saturated rings. The standard InChI is InChI=1S/C9H13N3O/c1-3-12-4-2-7(1)8(5-12)9-10-6-11-13-9/h6-8H,1-5H2. The zero-order chi connectivity index (χ0) is 8.67. The van der Waals surface area contributed by atoms with Crippen molar-refractivity contribution in [2.75, 3.05) is 19.6 Å². The van der Waals surface area contributed by atoms with Crippen molar-refractivity contribution in [2.24, 2.45) is 5.92 Å². The van der Waals surface area contributed by atoms with E-state index >= 15 is 0 Å². The number of hydrogen-bond acceptors (Lipinski definition) is 4. The highest BCUT2D eigenvalue weighted by Gasteiger charge is 2.37. The molecule has 2 bridgehead atoms. The zero-order valence-corrected chi connectivity index (χ0v) is 7.52. The van der Waals surface area contributed by atoms with Crippen LogP contribution in [0.15, 0.2) is 10.9 Å². The fraction of sp³-hybridized carbons (Fsp3) is 0.778. The first-order chi connectivity index (χ1) is 6.43. The molecule has 4 heterocycles. The summed E-state index contributed by atoms with van der Waals surface area (Å²) in [6, 6.07) is 0. The summed E-state index contributed by atoms with van der Waals surface area (Å²) < 4.78 is 5.14. The van der Waals surface area contributed by atoms with Crippen molar-refractivity contribution in [3.8, 4) is 0 Å². The number of nitrogens with zero attached hydrogens (tertiary/aromatic N) is 3. The lowest BCUT2D eigenvalue weighted by molar-refractivity contribution is 0.0727. The van der Waals surface area contributed by atoms with Crippen molar-refractivity contribution in [1.82, 2.24) is 15.0 Å². The smallest absolute Gasteiger partial charge is 0.231 e. The van der Waals surface area contributed by atoms with Gasteiger partial charge in [-0.25, -0.2) is 0 Å². The number of rotatable bonds is 1. The fourth-order valence-electron chi connectivity index (χ4n) is 2.59. The molecule has 0 aromatic carbocycles. The summed E-state index contributed by atoms with van der Waals surface area (Å²) in [5.74, 6) is 2.13. The van der Waals surface area contributed by atoms with Crippen molar-refractivity contribution in [3.63, 3.8) is 0 Å². The molecule has 1 aromatic rings. The van der Waals surface area contributed by atoms with E-state index in [2.05, 4.69) is 15.0 Å². The van der Waals surface area contributed by atoms with Gasteiger partial charge in [-0.2, -0.15) is 4.98 Å². The molecule has 3 aliphatic rings. The van der Waals surface area contributed by atoms with E-state index in [1.165, 1.54) is 32.3 Å². The summed E-state index contributed by atoms with van der Waals surface area (Å²) >= 11 is 0. The lowest BCUT2D eigenvalue weighted by Crippen LogP contribution is -2.46. The Hall–Kier alpha value is -0.900. The van der Waals surface area contributed by atoms with Crippen LogP contribution < -0.4 is 0 Å². The molecule has 0 spiro atoms. The number of hydrogen-bond donors (Lipinski definition) is 0. The summed E-state index contributed by atoms with van der Waals surface area (Å²) in [5.41, 5.74) is 0. The molecular weight excluding hydrogens is 166 g/mol. The van der Waals surface area contributed by atoms with E-state index in [4.69, 9.17) is 4.52 Å². The Morgan fingerprint density at radius 2 is 2.23 bits per heavy atom. The monoisotopic (exact) mass is 179 g/mol. The van der Waals surface area contributed by atoms with Crippen LogP contribution in [0.3, 0.4) is 0 Å². The third-order valence-electron chi connectivity index (χ3n) is 3.35. The molecule has 3 saturated heterocycles. The van der Waals surface area contributed by atoms with Gasteiger partial charge in [0.05, 0.1) is 5.92 Å². The predicted octanol–water partition coefficient (Wildman–Crippen LogP) is 0.879. The Bertz CT molecular complexity index is 277. The molecule has 4 nitrogen and oxygen atoms in total. The zero-order valence-electron chi connectivity index (χ0n) is 7.52. The molecule has 0 amide bonds. The Kier molecular flexibility index (Phi) is 1.62. The predicted molar refractivity (Wildman–Crippen MR) is 46.2 cm³/mol. The maximum absolute atomic E-state index is 5.14. The lowest BCUT2D eigenvalue weighted by atomic mass is 9.79. The van der Waals surface area contributed by atoms with Crippen LogP contribution in [0.25, 0.3) is 0 Å². The minimum Gasteiger partial charge on any atom is -0.339 e. The van der Waals surface area contributed by atoms with Crippen LogP contribution in [0.5, 0.6) is 0 Å². The van der Waals surface area contributed by atoms with Crippen molar-refractivity contribution >= 4 is 0 Å². The van der Waals surface area contributed by atoms with Crippen molar-refractivity contribution in [3.05, 3.63) is 12.2 Å². The molecule has 1 unspecified atom stereocenters. The Balaban J connectivity index is 1.85. The third kappa shape index (κ3) is 1.16. The summed E-state index contributed by atoms with van der Waals surface area (Å²) in [6.07, 6.45) is 4.10. The Labute approximate surface area is 76.9 Å². The SMILES string of the molecule is c1noc(C2CN3CCC2CC3)n1. The van der Waals surface area contributed by atoms with Gasteiger partial charge in [-0.15, -0.1) is 0 Å². The van der Waals surface area contributed by atoms with Crippen LogP contribution in [0.2, 0.25) is 0 Å². The third-order valence-corrected chi connectivity index (χ3v) is 3.35. The molecule has 0 aliphatic carbocycles. The number of piperidine rings is 3. The van der Waals surface area contributed by atoms with Gasteiger partial charge in [-0.1, -0.05) is 5.16 Å². The van der Waals surface area contributed by atoms with E-state index in [0.29, 0.717) is 5.92 Å². The van der Waals surface area contributed by atoms with E-state index in [1.54, 1.807) is 0 Å². The molecule has 4 rings (SSSR count). The Morgan fingerprint density at radius 3 is 2.77 bits per heavy atom. The topological polar surface area (TPSA) is 42.2 Å². The molecule has 0 N–H and O–H groups in total. The van der Waals surface area contributed by atoms with Gasteiger partial charge >= 0.3 is 0 Å². The van der Waals surface area contributed by atoms with Gasteiger partial charge in [-0.3, -0.25) is 0 Å². The van der Waals surface area contributed by atoms with Crippen LogP contribution in [-0.2, 0) is 0 Å². The second-order valence-corrected chi connectivity index (χ2v) is 4.02. The van der Waals surface area contributed by atoms with Crippen LogP contribution in [-0.4, -0.2) is 34.7 Å². The van der Waals surface area contributed by atoms with Crippen molar-refractivity contribution in [1.29, 1.82) is 0 Å². The summed E-state index contributed by atoms with van der Waals surface area (Å²) in [5, 5.41) is 3.68. The first-order valence-electron chi connectivity index (χ1n) is 4.92. The van der Waals surface area contributed by atoms with Gasteiger partial charge in [0, 0.05) is 6.54 Å². The number of fused-ring (bicyclic) bond motifs is 3. The van der Waals surface area contributed by atoms with Gasteiger partial charge in [0.2, 0.25) is 5.89 Å². The maximum atomic E-state index is 5.14. The molecule has 3 aliphatic heterocycles. The van der Waals surface area contributed by atoms with Crippen molar-refractivity contribution in [2.45, 2.75) is 18.8 Å². The van der Waals surface area contributed by atoms with Gasteiger partial charge < -0.3 is 9.42 Å². The molecule has 0 radical (unpaired) electrons. The second-order valence-electron chi connectivity index (χ2n) is 4.02. The van der Waals surface area contributed by atoms with Gasteiger partial charge in [0.25, 0.3) is 0 Å². The molecule has 0 saturated carbocycles. The molecule has 4 heteroatoms. The van der Waals surface area contributed by atoms with Crippen LogP contribution in [0.4, 0.5) is 0 Å². The average molecular weight is 179 g/mol. The highest BCUT2D eigenvalue weighted by molar-refractivity contribution is 5.01. The van der Waals surface area contributed by atoms with Crippen LogP contribution >= 0.6 is 0 Å². The lowest BCUT2D eigenvalue weighted by Gasteiger charge is -2.43. The quantitative estimate of drug-likeness (QED) is 0.641. The van der Waals surface area contributed by atoms with E-state index in [1.807, 2.05) is 0 Å². The first-order valence-corrected chi connectivity index (χ1v) is 4.92. The summed E-state index contributed by atoms with van der Waals surface area (Å²) in [7, 11) is 0. The van der Waals surface area contributed by atoms with E-state index in [9.17, 15) is 0 Å². The minimum atomic E-state index is 0.505. The first kappa shape index (κ1) is 7.50. The maximum Gasteiger partial charge on any atom is 0.231 e. The highest BCUT2D eigenvalue weighted by Crippen LogP contribution is 2.37. The highest BCUT2D eigenvalue weighted by atomic mass is 16.5. The van der Waals surface area contributed by atoms with Gasteiger partial charge in [0.15, 0.2) is 6.33 Å². The van der Waals surface area contributed by atoms with E-state index in [0.717, 1.165) is 18.4 Å². The van der Waals surface area contributed by atoms with Crippen LogP contribution in [0, 0.1) is 5.92 Å². The number of aromatic nitrogens is 2. The van der Waals surface area contributed by atoms with Gasteiger partial charge in [0.1, 0.15) is 0 Å².